The number of hydrogen-bond donors (Lipinski definition) is 1. The molecule has 0 spiro atoms. The summed E-state index contributed by atoms with van der Waals surface area (Å²) in [4.78, 5) is 10.9. The van der Waals surface area contributed by atoms with E-state index < -0.39 is 5.60 Å². The number of ether oxygens (including phenoxy) is 2. The molecule has 0 aliphatic carbocycles. The van der Waals surface area contributed by atoms with E-state index in [0.29, 0.717) is 17.9 Å². The summed E-state index contributed by atoms with van der Waals surface area (Å²) in [5.74, 6) is 1.60. The number of rotatable bonds is 0. The van der Waals surface area contributed by atoms with E-state index in [4.69, 9.17) is 9.47 Å². The van der Waals surface area contributed by atoms with Crippen LogP contribution in [0.4, 0.5) is 0 Å². The summed E-state index contributed by atoms with van der Waals surface area (Å²) in [7, 11) is 0. The molecule has 0 saturated heterocycles. The van der Waals surface area contributed by atoms with Gasteiger partial charge in [-0.2, -0.15) is 0 Å². The van der Waals surface area contributed by atoms with Crippen molar-refractivity contribution in [3.63, 3.8) is 0 Å². The van der Waals surface area contributed by atoms with Crippen molar-refractivity contribution in [2.75, 3.05) is 13.2 Å². The smallest absolute Gasteiger partial charge is 0.203 e. The lowest BCUT2D eigenvalue weighted by molar-refractivity contribution is 0.0349. The second kappa shape index (κ2) is 5.22. The summed E-state index contributed by atoms with van der Waals surface area (Å²) in [5.41, 5.74) is 0.804. The van der Waals surface area contributed by atoms with E-state index in [1.807, 2.05) is 36.4 Å². The lowest BCUT2D eigenvalue weighted by Gasteiger charge is -2.12. The van der Waals surface area contributed by atoms with Gasteiger partial charge in [-0.05, 0) is 25.1 Å². The lowest BCUT2D eigenvalue weighted by Crippen LogP contribution is -2.22. The highest BCUT2D eigenvalue weighted by Gasteiger charge is 2.33. The SMILES string of the molecule is CC1(O)COc2ccccc21.O=C1COc2ccccc21. The van der Waals surface area contributed by atoms with Crippen molar-refractivity contribution in [2.45, 2.75) is 12.5 Å². The van der Waals surface area contributed by atoms with Gasteiger partial charge in [0.2, 0.25) is 5.78 Å². The first kappa shape index (κ1) is 13.6. The van der Waals surface area contributed by atoms with Crippen molar-refractivity contribution in [1.29, 1.82) is 0 Å². The first-order chi connectivity index (χ1) is 10.1. The molecule has 1 atom stereocenters. The quantitative estimate of drug-likeness (QED) is 0.807. The zero-order valence-corrected chi connectivity index (χ0v) is 11.7. The Morgan fingerprint density at radius 2 is 1.67 bits per heavy atom. The predicted molar refractivity (Wildman–Crippen MR) is 77.8 cm³/mol. The molecular formula is C17H16O4. The average Bonchev–Trinajstić information content (AvgIpc) is 3.02. The summed E-state index contributed by atoms with van der Waals surface area (Å²) < 4.78 is 10.3. The van der Waals surface area contributed by atoms with Crippen molar-refractivity contribution < 1.29 is 19.4 Å². The molecule has 4 nitrogen and oxygen atoms in total. The van der Waals surface area contributed by atoms with Crippen LogP contribution < -0.4 is 9.47 Å². The lowest BCUT2D eigenvalue weighted by atomic mass is 9.99. The van der Waals surface area contributed by atoms with Gasteiger partial charge in [0.05, 0.1) is 5.56 Å². The van der Waals surface area contributed by atoms with E-state index in [1.54, 1.807) is 19.1 Å². The van der Waals surface area contributed by atoms with Gasteiger partial charge in [0.1, 0.15) is 23.7 Å². The molecule has 4 rings (SSSR count). The molecule has 0 fully saturated rings. The fourth-order valence-electron chi connectivity index (χ4n) is 2.38. The Bertz CT molecular complexity index is 676. The molecule has 2 aliphatic heterocycles. The monoisotopic (exact) mass is 284 g/mol. The molecule has 2 aromatic rings. The van der Waals surface area contributed by atoms with Crippen LogP contribution in [0.1, 0.15) is 22.8 Å². The number of fused-ring (bicyclic) bond motifs is 2. The highest BCUT2D eigenvalue weighted by molar-refractivity contribution is 6.02. The van der Waals surface area contributed by atoms with Crippen LogP contribution >= 0.6 is 0 Å². The van der Waals surface area contributed by atoms with Crippen molar-refractivity contribution in [3.05, 3.63) is 59.7 Å². The molecule has 108 valence electrons. The normalized spacial score (nSPS) is 21.5. The molecule has 2 aliphatic rings. The van der Waals surface area contributed by atoms with Gasteiger partial charge < -0.3 is 14.6 Å². The third-order valence-corrected chi connectivity index (χ3v) is 3.52. The first-order valence-corrected chi connectivity index (χ1v) is 6.78. The minimum Gasteiger partial charge on any atom is -0.490 e. The van der Waals surface area contributed by atoms with Crippen LogP contribution in [0.3, 0.4) is 0 Å². The Morgan fingerprint density at radius 1 is 1.00 bits per heavy atom. The van der Waals surface area contributed by atoms with Gasteiger partial charge in [0, 0.05) is 5.56 Å². The third-order valence-electron chi connectivity index (χ3n) is 3.52. The number of hydrogen-bond acceptors (Lipinski definition) is 4. The second-order valence-electron chi connectivity index (χ2n) is 5.27. The summed E-state index contributed by atoms with van der Waals surface area (Å²) in [6.45, 7) is 2.34. The maximum atomic E-state index is 10.9. The van der Waals surface area contributed by atoms with Crippen LogP contribution in [0.2, 0.25) is 0 Å². The van der Waals surface area contributed by atoms with Crippen molar-refractivity contribution in [2.24, 2.45) is 0 Å². The van der Waals surface area contributed by atoms with Gasteiger partial charge in [-0.1, -0.05) is 30.3 Å². The van der Waals surface area contributed by atoms with Crippen LogP contribution in [-0.2, 0) is 5.60 Å². The fraction of sp³-hybridized carbons (Fsp3) is 0.235. The Labute approximate surface area is 122 Å². The summed E-state index contributed by atoms with van der Waals surface area (Å²) >= 11 is 0. The van der Waals surface area contributed by atoms with Crippen LogP contribution in [-0.4, -0.2) is 24.1 Å². The van der Waals surface area contributed by atoms with Crippen LogP contribution in [0.25, 0.3) is 0 Å². The molecule has 0 saturated carbocycles. The molecule has 0 bridgehead atoms. The number of aliphatic hydroxyl groups is 1. The van der Waals surface area contributed by atoms with Crippen LogP contribution in [0, 0.1) is 0 Å². The largest absolute Gasteiger partial charge is 0.490 e. The maximum absolute atomic E-state index is 10.9. The molecule has 1 unspecified atom stereocenters. The van der Waals surface area contributed by atoms with Gasteiger partial charge >= 0.3 is 0 Å². The minimum atomic E-state index is -0.795. The summed E-state index contributed by atoms with van der Waals surface area (Å²) in [6, 6.07) is 14.9. The molecule has 0 amide bonds. The van der Waals surface area contributed by atoms with Crippen LogP contribution in [0.15, 0.2) is 48.5 Å². The number of benzene rings is 2. The van der Waals surface area contributed by atoms with Crippen LogP contribution in [0.5, 0.6) is 11.5 Å². The number of carbonyl (C=O) groups excluding carboxylic acids is 1. The number of ketones is 1. The first-order valence-electron chi connectivity index (χ1n) is 6.78. The third kappa shape index (κ3) is 2.62. The van der Waals surface area contributed by atoms with Gasteiger partial charge in [0.15, 0.2) is 6.61 Å². The van der Waals surface area contributed by atoms with Crippen molar-refractivity contribution in [1.82, 2.24) is 0 Å². The Kier molecular flexibility index (Phi) is 3.39. The average molecular weight is 284 g/mol. The van der Waals surface area contributed by atoms with Gasteiger partial charge in [0.25, 0.3) is 0 Å². The highest BCUT2D eigenvalue weighted by atomic mass is 16.5. The maximum Gasteiger partial charge on any atom is 0.203 e. The molecule has 1 N–H and O–H groups in total. The number of Topliss-reactive ketones (excluding diaryl/α,β-unsaturated/α-hetero) is 1. The van der Waals surface area contributed by atoms with Crippen molar-refractivity contribution >= 4 is 5.78 Å². The predicted octanol–water partition coefficient (Wildman–Crippen LogP) is 2.55. The fourth-order valence-corrected chi connectivity index (χ4v) is 2.38. The molecule has 0 radical (unpaired) electrons. The molecule has 21 heavy (non-hydrogen) atoms. The van der Waals surface area contributed by atoms with E-state index in [2.05, 4.69) is 0 Å². The Hall–Kier alpha value is -2.33. The zero-order chi connectivity index (χ0) is 14.9. The minimum absolute atomic E-state index is 0.0793. The Balaban J connectivity index is 0.000000126. The molecular weight excluding hydrogens is 268 g/mol. The topological polar surface area (TPSA) is 55.8 Å². The Morgan fingerprint density at radius 3 is 2.38 bits per heavy atom. The summed E-state index contributed by atoms with van der Waals surface area (Å²) in [6.07, 6.45) is 0. The number of para-hydroxylation sites is 2. The van der Waals surface area contributed by atoms with Gasteiger partial charge in [-0.15, -0.1) is 0 Å². The van der Waals surface area contributed by atoms with E-state index in [1.165, 1.54) is 0 Å². The standard InChI is InChI=1S/C9H10O2.C8H6O2/c1-9(10)6-11-8-5-3-2-4-7(8)9;9-7-5-10-8-4-2-1-3-6(7)8/h2-5,10H,6H2,1H3;1-4H,5H2. The molecule has 2 aromatic carbocycles. The highest BCUT2D eigenvalue weighted by Crippen LogP contribution is 2.35. The van der Waals surface area contributed by atoms with Crippen molar-refractivity contribution in [3.8, 4) is 11.5 Å². The van der Waals surface area contributed by atoms with Gasteiger partial charge in [-0.3, -0.25) is 4.79 Å². The molecule has 2 heterocycles. The number of carbonyl (C=O) groups is 1. The molecule has 0 aromatic heterocycles. The van der Waals surface area contributed by atoms with E-state index in [-0.39, 0.29) is 12.4 Å². The van der Waals surface area contributed by atoms with E-state index in [9.17, 15) is 9.90 Å². The van der Waals surface area contributed by atoms with E-state index in [0.717, 1.165) is 11.3 Å². The van der Waals surface area contributed by atoms with E-state index >= 15 is 0 Å². The second-order valence-corrected chi connectivity index (χ2v) is 5.27. The van der Waals surface area contributed by atoms with Gasteiger partial charge in [-0.25, -0.2) is 0 Å². The molecule has 4 heteroatoms. The summed E-state index contributed by atoms with van der Waals surface area (Å²) in [5, 5.41) is 9.72. The zero-order valence-electron chi connectivity index (χ0n) is 11.7.